The van der Waals surface area contributed by atoms with Gasteiger partial charge in [0.1, 0.15) is 43.7 Å². The van der Waals surface area contributed by atoms with Gasteiger partial charge >= 0.3 is 62.0 Å². The van der Waals surface area contributed by atoms with Crippen molar-refractivity contribution in [1.29, 1.82) is 0 Å². The molecule has 1 unspecified atom stereocenters. The molecule has 0 radical (unpaired) electrons. The first-order chi connectivity index (χ1) is 32.8. The molecule has 0 spiro atoms. The number of hydrogen-bond donors (Lipinski definition) is 0. The van der Waals surface area contributed by atoms with Crippen molar-refractivity contribution >= 4 is 70.3 Å². The van der Waals surface area contributed by atoms with E-state index in [9.17, 15) is 52.6 Å². The Hall–Kier alpha value is -4.77. The molecule has 3 aliphatic heterocycles. The van der Waals surface area contributed by atoms with E-state index in [2.05, 4.69) is 0 Å². The average Bonchev–Trinajstić information content (AvgIpc) is 3.20. The second-order valence-corrected chi connectivity index (χ2v) is 23.3. The maximum Gasteiger partial charge on any atom is 0.491 e. The molecule has 0 bridgehead atoms. The summed E-state index contributed by atoms with van der Waals surface area (Å²) in [6.07, 6.45) is -27.6. The minimum absolute atomic E-state index is 0.437. The molecule has 0 aromatic rings. The SMILES string of the molecule is CC(=O)OC[C@H]1O[C@@H](O[C@H]2[C@@H](OC(C)=O)[C@@H](CO[Si](C)(C)C(C)(C)C)O[C@@H](O[C@H]3[C@H](OC(C)=O)[C@H](OC(C)=O)[C@@H](O[P+](=O)[O-])O[C@@H]3COC(C)=O)[C@@H]2OC(C)=O)[C@H](OC(C)=O)[C@@H](OC(C)=O)[C@H]1OC(C)=O. The molecule has 27 nitrogen and oxygen atoms in total. The highest BCUT2D eigenvalue weighted by molar-refractivity contribution is 7.30. The van der Waals surface area contributed by atoms with Gasteiger partial charge in [0.05, 0.1) is 6.61 Å². The first-order valence-corrected chi connectivity index (χ1v) is 26.0. The first kappa shape index (κ1) is 60.5. The molecular formula is C42H63O27PSi. The Morgan fingerprint density at radius 1 is 0.437 bits per heavy atom. The molecule has 0 amide bonds. The molecule has 0 saturated carbocycles. The van der Waals surface area contributed by atoms with Crippen LogP contribution in [0.3, 0.4) is 0 Å². The minimum Gasteiger partial charge on any atom is -0.566 e. The van der Waals surface area contributed by atoms with Gasteiger partial charge in [0, 0.05) is 62.3 Å². The van der Waals surface area contributed by atoms with Gasteiger partial charge in [0.2, 0.25) is 0 Å². The predicted molar refractivity (Wildman–Crippen MR) is 230 cm³/mol. The molecule has 3 aliphatic rings. The Labute approximate surface area is 410 Å². The molecule has 3 heterocycles. The molecule has 29 heteroatoms. The van der Waals surface area contributed by atoms with E-state index in [4.69, 9.17) is 75.3 Å². The molecule has 0 N–H and O–H groups in total. The number of carbonyl (C=O) groups excluding carboxylic acids is 9. The lowest BCUT2D eigenvalue weighted by Gasteiger charge is -2.50. The van der Waals surface area contributed by atoms with Crippen LogP contribution in [0, 0.1) is 0 Å². The highest BCUT2D eigenvalue weighted by Crippen LogP contribution is 2.41. The highest BCUT2D eigenvalue weighted by atomic mass is 31.1. The van der Waals surface area contributed by atoms with Crippen molar-refractivity contribution in [3.63, 3.8) is 0 Å². The monoisotopic (exact) mass is 1060 g/mol. The van der Waals surface area contributed by atoms with Crippen LogP contribution >= 0.6 is 8.25 Å². The second kappa shape index (κ2) is 26.3. The van der Waals surface area contributed by atoms with E-state index < -0.39 is 187 Å². The zero-order chi connectivity index (χ0) is 53.9. The van der Waals surface area contributed by atoms with Gasteiger partial charge < -0.3 is 75.6 Å². The molecule has 0 aromatic heterocycles. The number of ether oxygens (including phenoxy) is 14. The molecule has 402 valence electrons. The third kappa shape index (κ3) is 18.0. The summed E-state index contributed by atoms with van der Waals surface area (Å²) in [5.41, 5.74) is 0. The van der Waals surface area contributed by atoms with Crippen LogP contribution in [0.2, 0.25) is 18.1 Å². The van der Waals surface area contributed by atoms with Gasteiger partial charge in [-0.2, -0.15) is 0 Å². The maximum absolute atomic E-state index is 13.2. The molecule has 16 atom stereocenters. The number of rotatable bonds is 20. The van der Waals surface area contributed by atoms with Crippen molar-refractivity contribution < 1.29 is 128 Å². The highest BCUT2D eigenvalue weighted by Gasteiger charge is 2.61. The van der Waals surface area contributed by atoms with E-state index in [1.54, 1.807) is 0 Å². The number of carbonyl (C=O) groups is 9. The van der Waals surface area contributed by atoms with Gasteiger partial charge in [-0.05, 0) is 22.7 Å². The fourth-order valence-corrected chi connectivity index (χ4v) is 8.58. The molecule has 3 fully saturated rings. The van der Waals surface area contributed by atoms with E-state index in [1.165, 1.54) is 0 Å². The van der Waals surface area contributed by atoms with Gasteiger partial charge in [0.15, 0.2) is 63.6 Å². The summed E-state index contributed by atoms with van der Waals surface area (Å²) >= 11 is 0. The van der Waals surface area contributed by atoms with E-state index in [-0.39, 0.29) is 0 Å². The third-order valence-electron chi connectivity index (χ3n) is 11.0. The fourth-order valence-electron chi connectivity index (χ4n) is 7.23. The molecule has 3 saturated heterocycles. The quantitative estimate of drug-likeness (QED) is 0.0698. The summed E-state index contributed by atoms with van der Waals surface area (Å²) in [4.78, 5) is 126. The standard InChI is InChI=1S/C42H63O27PSi/c1-18(43)54-15-27-30(57-20(3)45)33(59-22(5)47)36(61-24(7)49)40(64-27)68-35-31(58-21(4)46)29(17-56-71(13,14)42(10,11)12)65-39(37(35)62-25(8)50)67-32-28(16-55-19(2)44)66-41(69-70(52)53)38(63-26(9)51)34(32)60-23(6)48/h27-41H,15-17H2,1-14H3/t27-,28-,29-,30+,31+,32-,33+,34+,35+,36-,37-,38+,39+,40+,41-/m1/s1. The smallest absolute Gasteiger partial charge is 0.491 e. The van der Waals surface area contributed by atoms with Gasteiger partial charge in [-0.25, -0.2) is 0 Å². The van der Waals surface area contributed by atoms with Crippen LogP contribution in [0.4, 0.5) is 0 Å². The Kier molecular flexibility index (Phi) is 22.4. The van der Waals surface area contributed by atoms with E-state index >= 15 is 0 Å². The van der Waals surface area contributed by atoms with Crippen LogP contribution in [0.15, 0.2) is 0 Å². The summed E-state index contributed by atoms with van der Waals surface area (Å²) in [5.74, 6) is -8.82. The van der Waals surface area contributed by atoms with E-state index in [0.29, 0.717) is 0 Å². The van der Waals surface area contributed by atoms with Crippen LogP contribution in [-0.4, -0.2) is 174 Å². The summed E-state index contributed by atoms with van der Waals surface area (Å²) in [6.45, 7) is 16.5. The summed E-state index contributed by atoms with van der Waals surface area (Å²) in [5, 5.41) is -0.446. The Morgan fingerprint density at radius 3 is 1.11 bits per heavy atom. The number of esters is 9. The summed E-state index contributed by atoms with van der Waals surface area (Å²) in [6, 6.07) is 0. The molecule has 0 aromatic carbocycles. The lowest BCUT2D eigenvalue weighted by atomic mass is 9.95. The zero-order valence-electron chi connectivity index (χ0n) is 41.8. The summed E-state index contributed by atoms with van der Waals surface area (Å²) < 4.78 is 105. The third-order valence-corrected chi connectivity index (χ3v) is 15.9. The largest absolute Gasteiger partial charge is 0.566 e. The van der Waals surface area contributed by atoms with E-state index in [1.807, 2.05) is 33.9 Å². The fraction of sp³-hybridized carbons (Fsp3) is 0.786. The molecule has 3 rings (SSSR count). The van der Waals surface area contributed by atoms with E-state index in [0.717, 1.165) is 62.3 Å². The van der Waals surface area contributed by atoms with Crippen LogP contribution in [-0.2, 0) is 123 Å². The first-order valence-electron chi connectivity index (χ1n) is 22.0. The van der Waals surface area contributed by atoms with Crippen molar-refractivity contribution in [2.24, 2.45) is 0 Å². The number of hydrogen-bond acceptors (Lipinski definition) is 27. The topological polar surface area (TPSA) is 341 Å². The van der Waals surface area contributed by atoms with Crippen molar-refractivity contribution in [3.05, 3.63) is 0 Å². The maximum atomic E-state index is 13.2. The zero-order valence-corrected chi connectivity index (χ0v) is 43.6. The van der Waals surface area contributed by atoms with Crippen molar-refractivity contribution in [3.8, 4) is 0 Å². The van der Waals surface area contributed by atoms with Crippen LogP contribution in [0.25, 0.3) is 0 Å². The molecule has 71 heavy (non-hydrogen) atoms. The van der Waals surface area contributed by atoms with Crippen LogP contribution in [0.5, 0.6) is 0 Å². The summed E-state index contributed by atoms with van der Waals surface area (Å²) in [7, 11) is -6.55. The van der Waals surface area contributed by atoms with Crippen LogP contribution in [0.1, 0.15) is 83.1 Å². The minimum atomic E-state index is -3.77. The Balaban J connectivity index is 2.43. The van der Waals surface area contributed by atoms with Gasteiger partial charge in [-0.3, -0.25) is 43.2 Å². The second-order valence-electron chi connectivity index (χ2n) is 17.9. The van der Waals surface area contributed by atoms with Crippen molar-refractivity contribution in [2.45, 2.75) is 193 Å². The van der Waals surface area contributed by atoms with Gasteiger partial charge in [0.25, 0.3) is 6.29 Å². The average molecular weight is 1060 g/mol. The molecular weight excluding hydrogens is 995 g/mol. The van der Waals surface area contributed by atoms with Crippen LogP contribution < -0.4 is 4.89 Å². The Bertz CT molecular complexity index is 1960. The molecule has 0 aliphatic carbocycles. The predicted octanol–water partition coefficient (Wildman–Crippen LogP) is 0.636. The normalized spacial score (nSPS) is 31.1. The Morgan fingerprint density at radius 2 is 0.732 bits per heavy atom. The van der Waals surface area contributed by atoms with Crippen molar-refractivity contribution in [2.75, 3.05) is 19.8 Å². The van der Waals surface area contributed by atoms with Crippen molar-refractivity contribution in [1.82, 2.24) is 0 Å². The van der Waals surface area contributed by atoms with Gasteiger partial charge in [-0.1, -0.05) is 20.8 Å². The lowest BCUT2D eigenvalue weighted by Crippen LogP contribution is -2.69. The lowest BCUT2D eigenvalue weighted by molar-refractivity contribution is -0.379. The van der Waals surface area contributed by atoms with Gasteiger partial charge in [-0.15, -0.1) is 4.52 Å².